The maximum Gasteiger partial charge on any atom is 0.317 e. The molecule has 1 aliphatic rings. The molecule has 0 aliphatic carbocycles. The lowest BCUT2D eigenvalue weighted by Gasteiger charge is -2.35. The summed E-state index contributed by atoms with van der Waals surface area (Å²) in [7, 11) is 0. The fourth-order valence-electron chi connectivity index (χ4n) is 3.00. The first kappa shape index (κ1) is 16.7. The molecule has 0 radical (unpaired) electrons. The van der Waals surface area contributed by atoms with Crippen molar-refractivity contribution in [2.45, 2.75) is 26.8 Å². The topological polar surface area (TPSA) is 61.4 Å². The molecule has 0 saturated carbocycles. The molecular weight excluding hydrogens is 322 g/mol. The number of rotatable bonds is 3. The van der Waals surface area contributed by atoms with E-state index in [-0.39, 0.29) is 12.1 Å². The van der Waals surface area contributed by atoms with Crippen LogP contribution in [0.2, 0.25) is 0 Å². The van der Waals surface area contributed by atoms with Gasteiger partial charge in [-0.2, -0.15) is 0 Å². The highest BCUT2D eigenvalue weighted by Gasteiger charge is 2.24. The van der Waals surface area contributed by atoms with E-state index in [4.69, 9.17) is 0 Å². The molecule has 7 heteroatoms. The zero-order chi connectivity index (χ0) is 17.1. The highest BCUT2D eigenvalue weighted by atomic mass is 32.1. The van der Waals surface area contributed by atoms with Crippen molar-refractivity contribution in [2.24, 2.45) is 0 Å². The van der Waals surface area contributed by atoms with E-state index in [1.54, 1.807) is 23.7 Å². The van der Waals surface area contributed by atoms with E-state index in [2.05, 4.69) is 40.1 Å². The summed E-state index contributed by atoms with van der Waals surface area (Å²) in [6.07, 6.45) is 3.49. The van der Waals surface area contributed by atoms with Crippen LogP contribution in [-0.4, -0.2) is 47.1 Å². The van der Waals surface area contributed by atoms with Crippen molar-refractivity contribution in [1.82, 2.24) is 20.2 Å². The number of hydrogen-bond acceptors (Lipinski definition) is 5. The van der Waals surface area contributed by atoms with Gasteiger partial charge in [0.2, 0.25) is 5.95 Å². The zero-order valence-electron chi connectivity index (χ0n) is 14.3. The molecule has 1 aliphatic heterocycles. The number of amides is 2. The molecule has 2 amide bonds. The fourth-order valence-corrected chi connectivity index (χ4v) is 4.02. The van der Waals surface area contributed by atoms with E-state index in [1.165, 1.54) is 15.3 Å². The summed E-state index contributed by atoms with van der Waals surface area (Å²) in [5.74, 6) is 0.732. The molecule has 6 nitrogen and oxygen atoms in total. The van der Waals surface area contributed by atoms with Gasteiger partial charge in [0.15, 0.2) is 0 Å². The molecule has 3 heterocycles. The number of nitrogens with zero attached hydrogens (tertiary/aromatic N) is 4. The molecule has 0 unspecified atom stereocenters. The Labute approximate surface area is 146 Å². The van der Waals surface area contributed by atoms with Crippen LogP contribution in [0.4, 0.5) is 10.7 Å². The average Bonchev–Trinajstić information content (AvgIpc) is 2.94. The largest absolute Gasteiger partial charge is 0.337 e. The van der Waals surface area contributed by atoms with E-state index in [9.17, 15) is 4.79 Å². The van der Waals surface area contributed by atoms with Gasteiger partial charge in [-0.3, -0.25) is 0 Å². The Bertz CT molecular complexity index is 694. The third-order valence-corrected chi connectivity index (χ3v) is 5.27. The van der Waals surface area contributed by atoms with Crippen molar-refractivity contribution in [2.75, 3.05) is 31.1 Å². The maximum absolute atomic E-state index is 12.5. The van der Waals surface area contributed by atoms with Crippen LogP contribution in [0.5, 0.6) is 0 Å². The van der Waals surface area contributed by atoms with Gasteiger partial charge >= 0.3 is 6.03 Å². The van der Waals surface area contributed by atoms with Gasteiger partial charge < -0.3 is 15.1 Å². The normalized spacial score (nSPS) is 16.1. The fraction of sp³-hybridized carbons (Fsp3) is 0.471. The number of nitrogens with one attached hydrogen (secondary N) is 1. The van der Waals surface area contributed by atoms with Gasteiger partial charge in [0.25, 0.3) is 0 Å². The number of anilines is 1. The number of carbonyl (C=O) groups is 1. The van der Waals surface area contributed by atoms with Crippen molar-refractivity contribution in [3.05, 3.63) is 39.8 Å². The summed E-state index contributed by atoms with van der Waals surface area (Å²) in [6.45, 7) is 9.11. The zero-order valence-corrected chi connectivity index (χ0v) is 15.1. The Morgan fingerprint density at radius 2 is 1.88 bits per heavy atom. The molecule has 1 fully saturated rings. The smallest absolute Gasteiger partial charge is 0.317 e. The molecule has 0 spiro atoms. The van der Waals surface area contributed by atoms with Crippen molar-refractivity contribution in [3.63, 3.8) is 0 Å². The van der Waals surface area contributed by atoms with Crippen LogP contribution in [0, 0.1) is 13.8 Å². The second kappa shape index (κ2) is 7.17. The van der Waals surface area contributed by atoms with Gasteiger partial charge in [-0.15, -0.1) is 11.3 Å². The number of hydrogen-bond donors (Lipinski definition) is 1. The Kier molecular flexibility index (Phi) is 4.99. The van der Waals surface area contributed by atoms with Gasteiger partial charge in [0.1, 0.15) is 0 Å². The Morgan fingerprint density at radius 3 is 2.46 bits per heavy atom. The lowest BCUT2D eigenvalue weighted by atomic mass is 10.1. The predicted molar refractivity (Wildman–Crippen MR) is 96.6 cm³/mol. The highest BCUT2D eigenvalue weighted by molar-refractivity contribution is 7.12. The summed E-state index contributed by atoms with van der Waals surface area (Å²) in [4.78, 5) is 27.6. The van der Waals surface area contributed by atoms with Crippen LogP contribution in [0.15, 0.2) is 24.5 Å². The van der Waals surface area contributed by atoms with Gasteiger partial charge in [0, 0.05) is 48.3 Å². The molecule has 1 atom stereocenters. The molecule has 3 rings (SSSR count). The third-order valence-electron chi connectivity index (χ3n) is 4.29. The Hall–Kier alpha value is -2.15. The number of aromatic nitrogens is 2. The lowest BCUT2D eigenvalue weighted by molar-refractivity contribution is 0.191. The second-order valence-electron chi connectivity index (χ2n) is 6.06. The standard InChI is InChI=1S/C17H23N5OS/c1-12-11-15(14(3)24-12)13(2)20-17(23)22-9-7-21(8-10-22)16-18-5-4-6-19-16/h4-6,11,13H,7-10H2,1-3H3,(H,20,23)/t13-/m1/s1. The molecule has 1 saturated heterocycles. The van der Waals surface area contributed by atoms with Gasteiger partial charge in [0.05, 0.1) is 6.04 Å². The van der Waals surface area contributed by atoms with E-state index in [0.29, 0.717) is 13.1 Å². The quantitative estimate of drug-likeness (QED) is 0.929. The van der Waals surface area contributed by atoms with Crippen molar-refractivity contribution in [3.8, 4) is 0 Å². The SMILES string of the molecule is Cc1cc([C@@H](C)NC(=O)N2CCN(c3ncccn3)CC2)c(C)s1. The van der Waals surface area contributed by atoms with Crippen LogP contribution >= 0.6 is 11.3 Å². The summed E-state index contributed by atoms with van der Waals surface area (Å²) in [6, 6.07) is 4.00. The highest BCUT2D eigenvalue weighted by Crippen LogP contribution is 2.26. The summed E-state index contributed by atoms with van der Waals surface area (Å²) in [5.41, 5.74) is 1.21. The Balaban J connectivity index is 1.54. The van der Waals surface area contributed by atoms with Gasteiger partial charge in [-0.1, -0.05) is 0 Å². The molecule has 2 aromatic rings. The third kappa shape index (κ3) is 3.67. The first-order valence-corrected chi connectivity index (χ1v) is 9.00. The molecule has 1 N–H and O–H groups in total. The molecule has 0 aromatic carbocycles. The van der Waals surface area contributed by atoms with Crippen LogP contribution in [0.25, 0.3) is 0 Å². The van der Waals surface area contributed by atoms with E-state index in [1.807, 2.05) is 17.9 Å². The molecular formula is C17H23N5OS. The van der Waals surface area contributed by atoms with Crippen molar-refractivity contribution < 1.29 is 4.79 Å². The van der Waals surface area contributed by atoms with E-state index < -0.39 is 0 Å². The summed E-state index contributed by atoms with van der Waals surface area (Å²) < 4.78 is 0. The molecule has 24 heavy (non-hydrogen) atoms. The summed E-state index contributed by atoms with van der Waals surface area (Å²) >= 11 is 1.77. The number of urea groups is 1. The van der Waals surface area contributed by atoms with Crippen molar-refractivity contribution in [1.29, 1.82) is 0 Å². The molecule has 2 aromatic heterocycles. The average molecular weight is 345 g/mol. The minimum atomic E-state index is -0.000571. The second-order valence-corrected chi connectivity index (χ2v) is 7.52. The Morgan fingerprint density at radius 1 is 1.21 bits per heavy atom. The monoisotopic (exact) mass is 345 g/mol. The first-order chi connectivity index (χ1) is 11.5. The minimum Gasteiger partial charge on any atom is -0.337 e. The summed E-state index contributed by atoms with van der Waals surface area (Å²) in [5, 5.41) is 3.12. The van der Waals surface area contributed by atoms with Gasteiger partial charge in [-0.05, 0) is 38.5 Å². The minimum absolute atomic E-state index is 0.000571. The maximum atomic E-state index is 12.5. The number of carbonyl (C=O) groups excluding carboxylic acids is 1. The van der Waals surface area contributed by atoms with Crippen molar-refractivity contribution >= 4 is 23.3 Å². The van der Waals surface area contributed by atoms with Crippen LogP contribution in [-0.2, 0) is 0 Å². The first-order valence-electron chi connectivity index (χ1n) is 8.19. The van der Waals surface area contributed by atoms with Gasteiger partial charge in [-0.25, -0.2) is 14.8 Å². The van der Waals surface area contributed by atoms with E-state index >= 15 is 0 Å². The molecule has 0 bridgehead atoms. The number of piperazine rings is 1. The predicted octanol–water partition coefficient (Wildman–Crippen LogP) is 2.75. The van der Waals surface area contributed by atoms with E-state index in [0.717, 1.165) is 19.0 Å². The lowest BCUT2D eigenvalue weighted by Crippen LogP contribution is -2.52. The molecule has 128 valence electrons. The van der Waals surface area contributed by atoms with Crippen LogP contribution in [0.1, 0.15) is 28.3 Å². The number of thiophene rings is 1. The van der Waals surface area contributed by atoms with Crippen LogP contribution < -0.4 is 10.2 Å². The number of aryl methyl sites for hydroxylation is 2. The van der Waals surface area contributed by atoms with Crippen LogP contribution in [0.3, 0.4) is 0 Å².